The fraction of sp³-hybridized carbons (Fsp3) is 0.257. The van der Waals surface area contributed by atoms with Crippen molar-refractivity contribution >= 4 is 70.5 Å². The van der Waals surface area contributed by atoms with Gasteiger partial charge in [-0.25, -0.2) is 14.4 Å². The van der Waals surface area contributed by atoms with Crippen LogP contribution in [0.2, 0.25) is 10.0 Å². The molecular formula is C70H70Cl2N10O13. The number of carbonyl (C=O) groups is 6. The van der Waals surface area contributed by atoms with Gasteiger partial charge in [0.05, 0.1) is 61.3 Å². The van der Waals surface area contributed by atoms with Crippen molar-refractivity contribution in [3.05, 3.63) is 201 Å². The molecule has 0 spiro atoms. The molecule has 25 heteroatoms. The number of phenolic OH excluding ortho intramolecular Hbond substituents is 2. The normalized spacial score (nSPS) is 14.9. The predicted molar refractivity (Wildman–Crippen MR) is 357 cm³/mol. The minimum atomic E-state index is -1.13. The number of morpholine rings is 2. The number of hydrogen-bond donors (Lipinski definition) is 10. The molecule has 0 aliphatic carbocycles. The van der Waals surface area contributed by atoms with Crippen LogP contribution in [0.15, 0.2) is 158 Å². The molecular weight excluding hydrogens is 1260 g/mol. The third kappa shape index (κ3) is 20.9. The summed E-state index contributed by atoms with van der Waals surface area (Å²) in [6.45, 7) is 12.4. The van der Waals surface area contributed by atoms with E-state index in [9.17, 15) is 39.0 Å². The molecule has 0 unspecified atom stereocenters. The Balaban J connectivity index is 0.000000204. The van der Waals surface area contributed by atoms with Crippen molar-refractivity contribution in [2.45, 2.75) is 76.9 Å². The molecule has 0 radical (unpaired) electrons. The van der Waals surface area contributed by atoms with E-state index in [2.05, 4.69) is 70.7 Å². The van der Waals surface area contributed by atoms with Crippen LogP contribution in [-0.4, -0.2) is 139 Å². The first-order valence-corrected chi connectivity index (χ1v) is 30.5. The number of anilines is 2. The Kier molecular flexibility index (Phi) is 24.2. The molecule has 10 rings (SSSR count). The largest absolute Gasteiger partial charge is 0.507 e. The number of phenols is 2. The fourth-order valence-corrected chi connectivity index (χ4v) is 9.64. The lowest BCUT2D eigenvalue weighted by Crippen LogP contribution is -2.57. The third-order valence-corrected chi connectivity index (χ3v) is 14.2. The molecule has 2 aliphatic rings. The highest BCUT2D eigenvalue weighted by Crippen LogP contribution is 2.34. The smallest absolute Gasteiger partial charge is 0.408 e. The quantitative estimate of drug-likeness (QED) is 0.0508. The van der Waals surface area contributed by atoms with Crippen molar-refractivity contribution in [1.29, 1.82) is 0 Å². The minimum Gasteiger partial charge on any atom is -0.507 e. The number of aromatic amines is 2. The van der Waals surface area contributed by atoms with Gasteiger partial charge in [-0.15, -0.1) is 0 Å². The van der Waals surface area contributed by atoms with E-state index >= 15 is 0 Å². The van der Waals surface area contributed by atoms with Gasteiger partial charge in [-0.3, -0.25) is 24.6 Å². The molecule has 0 bridgehead atoms. The van der Waals surface area contributed by atoms with Gasteiger partial charge >= 0.3 is 18.2 Å². The number of carbonyl (C=O) groups excluding carboxylic acids is 5. The van der Waals surface area contributed by atoms with Gasteiger partial charge in [0.1, 0.15) is 40.8 Å². The fourth-order valence-electron chi connectivity index (χ4n) is 9.30. The van der Waals surface area contributed by atoms with Gasteiger partial charge in [0, 0.05) is 56.8 Å². The molecule has 8 aromatic rings. The van der Waals surface area contributed by atoms with Crippen molar-refractivity contribution in [2.24, 2.45) is 0 Å². The molecule has 10 N–H and O–H groups in total. The minimum absolute atomic E-state index is 0.00963. The maximum atomic E-state index is 13.9. The van der Waals surface area contributed by atoms with E-state index in [-0.39, 0.29) is 43.2 Å². The first-order chi connectivity index (χ1) is 45.4. The SMILES string of the molecule is CC(C)(C)OC(=O)N[C@@H](C(=O)N1CCOC[C@H]1C(=O)Nc1ccc(C#Cc2cn[nH]c2-c2cc(Cl)ccc2O)cc1)c1ccccc1.CC(C)(C)OC(=O)N[C@@H](C(=O)O)c1ccccc1.O=C(Nc1ccc(C#Cc2cn[nH]c2-c2cc(Cl)ccc2O)cc1)[C@@H]1COCCN1. The van der Waals surface area contributed by atoms with Crippen LogP contribution in [0.4, 0.5) is 21.0 Å². The number of aromatic nitrogens is 4. The summed E-state index contributed by atoms with van der Waals surface area (Å²) in [6.07, 6.45) is 1.65. The Morgan fingerprint density at radius 2 is 1.04 bits per heavy atom. The Bertz CT molecular complexity index is 4110. The van der Waals surface area contributed by atoms with E-state index in [1.165, 1.54) is 17.0 Å². The molecule has 2 aliphatic heterocycles. The summed E-state index contributed by atoms with van der Waals surface area (Å²) in [6, 6.07) is 37.4. The Morgan fingerprint density at radius 1 is 0.589 bits per heavy atom. The summed E-state index contributed by atoms with van der Waals surface area (Å²) in [4.78, 5) is 76.4. The Hall–Kier alpha value is -10.7. The topological polar surface area (TPSA) is 321 Å². The summed E-state index contributed by atoms with van der Waals surface area (Å²) in [5.41, 5.74) is 5.58. The lowest BCUT2D eigenvalue weighted by Gasteiger charge is -2.37. The summed E-state index contributed by atoms with van der Waals surface area (Å²) in [7, 11) is 0. The lowest BCUT2D eigenvalue weighted by atomic mass is 10.0. The number of nitrogens with zero attached hydrogens (tertiary/aromatic N) is 3. The van der Waals surface area contributed by atoms with Gasteiger partial charge in [0.25, 0.3) is 5.91 Å². The van der Waals surface area contributed by atoms with E-state index in [0.29, 0.717) is 91.5 Å². The number of carboxylic acids is 1. The molecule has 95 heavy (non-hydrogen) atoms. The second-order valence-corrected chi connectivity index (χ2v) is 24.2. The zero-order chi connectivity index (χ0) is 68.2. The van der Waals surface area contributed by atoms with Crippen LogP contribution in [0.1, 0.15) is 87.0 Å². The third-order valence-electron chi connectivity index (χ3n) is 13.8. The number of aliphatic carboxylic acids is 1. The molecule has 4 heterocycles. The van der Waals surface area contributed by atoms with E-state index in [1.807, 2.05) is 18.2 Å². The van der Waals surface area contributed by atoms with E-state index in [1.54, 1.807) is 169 Å². The van der Waals surface area contributed by atoms with Gasteiger partial charge in [-0.1, -0.05) is 108 Å². The summed E-state index contributed by atoms with van der Waals surface area (Å²) >= 11 is 12.1. The zero-order valence-corrected chi connectivity index (χ0v) is 54.1. The first kappa shape index (κ1) is 70.2. The van der Waals surface area contributed by atoms with Crippen molar-refractivity contribution in [3.8, 4) is 57.7 Å². The highest BCUT2D eigenvalue weighted by atomic mass is 35.5. The van der Waals surface area contributed by atoms with Crippen molar-refractivity contribution < 1.29 is 63.0 Å². The molecule has 0 saturated carbocycles. The number of rotatable bonds is 12. The van der Waals surface area contributed by atoms with Crippen LogP contribution < -0.4 is 26.6 Å². The standard InChI is InChI=1S/C35H34ClN5O6.C22H19ClN4O3.C13H17NO4/c1-35(2,3)47-34(45)39-31(23-7-5-4-6-8-23)33(44)41-17-18-46-21-28(41)32(43)38-26-14-10-22(11-15-26)9-12-24-20-37-40-30(24)27-19-25(36)13-16-29(27)42;23-16-5-8-20(28)18(11-16)21-15(12-25-27-21)4-1-14-2-6-17(7-3-14)26-22(29)19-13-30-10-9-24-19;1-13(2,3)18-12(17)14-10(11(15)16)9-7-5-4-6-8-9/h4-8,10-11,13-16,19-20,28,31,42H,17-18,21H2,1-3H3,(H,37,40)(H,38,43)(H,39,45);2-3,5-8,11-12,19,24,28H,9-10,13H2,(H,25,27)(H,26,29);4-8,10H,1-3H3,(H,14,17)(H,15,16)/t28-,31+;19-;10-/m001/s1. The number of aromatic hydroxyl groups is 2. The average molecular weight is 1330 g/mol. The Morgan fingerprint density at radius 3 is 1.49 bits per heavy atom. The molecule has 5 amide bonds. The van der Waals surface area contributed by atoms with Crippen LogP contribution in [0.25, 0.3) is 22.5 Å². The van der Waals surface area contributed by atoms with Gasteiger partial charge in [0.15, 0.2) is 6.04 Å². The number of nitrogens with one attached hydrogen (secondary N) is 7. The van der Waals surface area contributed by atoms with Gasteiger partial charge in [0.2, 0.25) is 11.8 Å². The first-order valence-electron chi connectivity index (χ1n) is 29.8. The number of H-pyrrole nitrogens is 2. The highest BCUT2D eigenvalue weighted by molar-refractivity contribution is 6.31. The van der Waals surface area contributed by atoms with E-state index < -0.39 is 59.3 Å². The van der Waals surface area contributed by atoms with Crippen molar-refractivity contribution in [3.63, 3.8) is 0 Å². The van der Waals surface area contributed by atoms with Crippen LogP contribution in [0.3, 0.4) is 0 Å². The molecule has 4 atom stereocenters. The maximum absolute atomic E-state index is 13.9. The molecule has 2 fully saturated rings. The van der Waals surface area contributed by atoms with Crippen LogP contribution >= 0.6 is 23.2 Å². The van der Waals surface area contributed by atoms with Gasteiger partial charge in [-0.2, -0.15) is 10.2 Å². The molecule has 2 aromatic heterocycles. The van der Waals surface area contributed by atoms with Gasteiger partial charge < -0.3 is 65.8 Å². The number of amides is 5. The molecule has 492 valence electrons. The second kappa shape index (κ2) is 32.8. The number of hydrogen-bond acceptors (Lipinski definition) is 15. The highest BCUT2D eigenvalue weighted by Gasteiger charge is 2.38. The van der Waals surface area contributed by atoms with Crippen LogP contribution in [0, 0.1) is 23.7 Å². The number of ether oxygens (including phenoxy) is 4. The maximum Gasteiger partial charge on any atom is 0.408 e. The monoisotopic (exact) mass is 1330 g/mol. The second-order valence-electron chi connectivity index (χ2n) is 23.3. The average Bonchev–Trinajstić information content (AvgIpc) is 1.96. The number of halogens is 2. The van der Waals surface area contributed by atoms with E-state index in [4.69, 9.17) is 47.3 Å². The summed E-state index contributed by atoms with van der Waals surface area (Å²) < 4.78 is 21.3. The van der Waals surface area contributed by atoms with Crippen molar-refractivity contribution in [2.75, 3.05) is 50.2 Å². The lowest BCUT2D eigenvalue weighted by molar-refractivity contribution is -0.148. The molecule has 2 saturated heterocycles. The molecule has 23 nitrogen and oxygen atoms in total. The summed E-state index contributed by atoms with van der Waals surface area (Å²) in [5, 5.41) is 58.1. The predicted octanol–water partition coefficient (Wildman–Crippen LogP) is 10.4. The van der Waals surface area contributed by atoms with Gasteiger partial charge in [-0.05, 0) is 138 Å². The van der Waals surface area contributed by atoms with Crippen molar-refractivity contribution in [1.82, 2.24) is 41.2 Å². The number of benzene rings is 6. The van der Waals surface area contributed by atoms with Crippen LogP contribution in [-0.2, 0) is 38.1 Å². The number of alkyl carbamates (subject to hydrolysis) is 2. The molecule has 6 aromatic carbocycles. The van der Waals surface area contributed by atoms with Crippen LogP contribution in [0.5, 0.6) is 11.5 Å². The van der Waals surface area contributed by atoms with E-state index in [0.717, 1.165) is 5.56 Å². The summed E-state index contributed by atoms with van der Waals surface area (Å²) in [5.74, 6) is 10.2. The Labute approximate surface area is 558 Å². The number of carboxylic acid groups (broad SMARTS) is 1. The zero-order valence-electron chi connectivity index (χ0n) is 52.6.